The van der Waals surface area contributed by atoms with Crippen molar-refractivity contribution in [3.63, 3.8) is 0 Å². The molecular formula is C21H23FN4O3S. The van der Waals surface area contributed by atoms with Crippen LogP contribution in [0.25, 0.3) is 0 Å². The molecule has 4 rings (SSSR count). The van der Waals surface area contributed by atoms with Gasteiger partial charge in [-0.05, 0) is 50.3 Å². The van der Waals surface area contributed by atoms with E-state index in [1.54, 1.807) is 0 Å². The van der Waals surface area contributed by atoms with Gasteiger partial charge in [0.15, 0.2) is 5.13 Å². The molecule has 2 unspecified atom stereocenters. The molecule has 1 aromatic carbocycles. The quantitative estimate of drug-likeness (QED) is 0.710. The van der Waals surface area contributed by atoms with Crippen LogP contribution < -0.4 is 10.6 Å². The second kappa shape index (κ2) is 7.79. The van der Waals surface area contributed by atoms with Gasteiger partial charge in [0.1, 0.15) is 17.9 Å². The number of nitrogens with one attached hydrogen (secondary N) is 2. The Hall–Kier alpha value is -2.81. The minimum absolute atomic E-state index is 0.414. The lowest BCUT2D eigenvalue weighted by atomic mass is 9.89. The highest BCUT2D eigenvalue weighted by Gasteiger charge is 2.49. The second-order valence-corrected chi connectivity index (χ2v) is 8.91. The first kappa shape index (κ1) is 20.5. The monoisotopic (exact) mass is 430 g/mol. The van der Waals surface area contributed by atoms with Gasteiger partial charge in [0.05, 0.1) is 5.69 Å². The standard InChI is InChI=1S/C21H23FN4O3S/c1-3-12-5-4-6-15-17(12)24-19(30-15)23-16(27)11-26-18(28)21(2,25-20(26)29)13-7-9-14(22)10-8-13/h7-10,12H,3-6,11H2,1-2H3,(H,25,29)(H,23,24,27). The number of hydrogen-bond donors (Lipinski definition) is 2. The van der Waals surface area contributed by atoms with Crippen molar-refractivity contribution < 1.29 is 18.8 Å². The molecule has 7 nitrogen and oxygen atoms in total. The number of benzene rings is 1. The first-order valence-electron chi connectivity index (χ1n) is 10.0. The third kappa shape index (κ3) is 3.58. The van der Waals surface area contributed by atoms with Gasteiger partial charge in [-0.1, -0.05) is 19.1 Å². The smallest absolute Gasteiger partial charge is 0.319 e. The summed E-state index contributed by atoms with van der Waals surface area (Å²) >= 11 is 1.46. The van der Waals surface area contributed by atoms with Gasteiger partial charge in [-0.2, -0.15) is 0 Å². The van der Waals surface area contributed by atoms with E-state index in [2.05, 4.69) is 22.5 Å². The van der Waals surface area contributed by atoms with Crippen LogP contribution in [-0.4, -0.2) is 34.3 Å². The second-order valence-electron chi connectivity index (χ2n) is 7.83. The molecule has 1 fully saturated rings. The van der Waals surface area contributed by atoms with E-state index in [9.17, 15) is 18.8 Å². The summed E-state index contributed by atoms with van der Waals surface area (Å²) in [6, 6.07) is 4.68. The number of carbonyl (C=O) groups excluding carboxylic acids is 3. The maximum absolute atomic E-state index is 13.2. The van der Waals surface area contributed by atoms with Crippen molar-refractivity contribution >= 4 is 34.3 Å². The van der Waals surface area contributed by atoms with Crippen molar-refractivity contribution in [2.75, 3.05) is 11.9 Å². The van der Waals surface area contributed by atoms with Crippen LogP contribution in [0.4, 0.5) is 14.3 Å². The number of fused-ring (bicyclic) bond motifs is 1. The predicted octanol–water partition coefficient (Wildman–Crippen LogP) is 3.52. The number of amides is 4. The molecule has 1 aliphatic carbocycles. The molecule has 30 heavy (non-hydrogen) atoms. The Balaban J connectivity index is 1.46. The molecule has 2 atom stereocenters. The summed E-state index contributed by atoms with van der Waals surface area (Å²) in [5.74, 6) is -1.07. The van der Waals surface area contributed by atoms with Gasteiger partial charge in [-0.3, -0.25) is 14.5 Å². The average Bonchev–Trinajstić information content (AvgIpc) is 3.22. The summed E-state index contributed by atoms with van der Waals surface area (Å²) < 4.78 is 13.2. The molecule has 2 aliphatic rings. The van der Waals surface area contributed by atoms with Crippen molar-refractivity contribution in [2.24, 2.45) is 0 Å². The van der Waals surface area contributed by atoms with Crippen LogP contribution in [0, 0.1) is 5.82 Å². The van der Waals surface area contributed by atoms with E-state index in [4.69, 9.17) is 0 Å². The zero-order valence-corrected chi connectivity index (χ0v) is 17.6. The average molecular weight is 431 g/mol. The Labute approximate surface area is 177 Å². The molecule has 2 aromatic rings. The fraction of sp³-hybridized carbons (Fsp3) is 0.429. The number of aromatic nitrogens is 1. The zero-order valence-electron chi connectivity index (χ0n) is 16.8. The molecule has 9 heteroatoms. The van der Waals surface area contributed by atoms with Crippen molar-refractivity contribution in [3.05, 3.63) is 46.2 Å². The van der Waals surface area contributed by atoms with Crippen LogP contribution in [0.3, 0.4) is 0 Å². The Morgan fingerprint density at radius 2 is 2.10 bits per heavy atom. The summed E-state index contributed by atoms with van der Waals surface area (Å²) in [6.45, 7) is 3.26. The van der Waals surface area contributed by atoms with Crippen LogP contribution in [0.1, 0.15) is 55.2 Å². The van der Waals surface area contributed by atoms with E-state index in [0.717, 1.165) is 36.3 Å². The number of nitrogens with zero attached hydrogens (tertiary/aromatic N) is 2. The van der Waals surface area contributed by atoms with Gasteiger partial charge in [-0.15, -0.1) is 11.3 Å². The number of imide groups is 1. The van der Waals surface area contributed by atoms with Gasteiger partial charge < -0.3 is 10.6 Å². The number of anilines is 1. The van der Waals surface area contributed by atoms with E-state index in [1.165, 1.54) is 47.4 Å². The number of hydrogen-bond acceptors (Lipinski definition) is 5. The van der Waals surface area contributed by atoms with Crippen LogP contribution in [0.5, 0.6) is 0 Å². The Morgan fingerprint density at radius 3 is 2.80 bits per heavy atom. The van der Waals surface area contributed by atoms with Gasteiger partial charge in [0, 0.05) is 10.8 Å². The van der Waals surface area contributed by atoms with Crippen LogP contribution in [0.2, 0.25) is 0 Å². The molecule has 1 saturated heterocycles. The Bertz CT molecular complexity index is 1010. The van der Waals surface area contributed by atoms with Crippen molar-refractivity contribution in [2.45, 2.75) is 51.0 Å². The molecule has 1 aliphatic heterocycles. The zero-order chi connectivity index (χ0) is 21.5. The molecule has 0 radical (unpaired) electrons. The molecule has 0 bridgehead atoms. The number of aryl methyl sites for hydroxylation is 1. The molecule has 0 saturated carbocycles. The summed E-state index contributed by atoms with van der Waals surface area (Å²) in [5.41, 5.74) is 0.158. The molecule has 0 spiro atoms. The summed E-state index contributed by atoms with van der Waals surface area (Å²) in [6.07, 6.45) is 4.19. The Kier molecular flexibility index (Phi) is 5.31. The third-order valence-electron chi connectivity index (χ3n) is 5.81. The van der Waals surface area contributed by atoms with E-state index in [1.807, 2.05) is 0 Å². The van der Waals surface area contributed by atoms with E-state index >= 15 is 0 Å². The topological polar surface area (TPSA) is 91.4 Å². The fourth-order valence-corrected chi connectivity index (χ4v) is 5.19. The van der Waals surface area contributed by atoms with E-state index < -0.39 is 35.7 Å². The number of rotatable bonds is 5. The van der Waals surface area contributed by atoms with Gasteiger partial charge >= 0.3 is 6.03 Å². The molecule has 1 aromatic heterocycles. The number of thiazole rings is 1. The molecule has 158 valence electrons. The number of halogens is 1. The van der Waals surface area contributed by atoms with Crippen LogP contribution in [-0.2, 0) is 21.5 Å². The molecular weight excluding hydrogens is 407 g/mol. The van der Waals surface area contributed by atoms with E-state index in [-0.39, 0.29) is 0 Å². The van der Waals surface area contributed by atoms with Crippen LogP contribution in [0.15, 0.2) is 24.3 Å². The summed E-state index contributed by atoms with van der Waals surface area (Å²) in [4.78, 5) is 44.5. The van der Waals surface area contributed by atoms with Gasteiger partial charge in [-0.25, -0.2) is 14.2 Å². The number of carbonyl (C=O) groups is 3. The number of urea groups is 1. The SMILES string of the molecule is CCC1CCCc2sc(NC(=O)CN3C(=O)NC(C)(c4ccc(F)cc4)C3=O)nc21. The molecule has 2 N–H and O–H groups in total. The predicted molar refractivity (Wildman–Crippen MR) is 111 cm³/mol. The van der Waals surface area contributed by atoms with E-state index in [0.29, 0.717) is 16.6 Å². The maximum Gasteiger partial charge on any atom is 0.325 e. The lowest BCUT2D eigenvalue weighted by Crippen LogP contribution is -2.42. The van der Waals surface area contributed by atoms with Gasteiger partial charge in [0.25, 0.3) is 5.91 Å². The largest absolute Gasteiger partial charge is 0.325 e. The highest BCUT2D eigenvalue weighted by molar-refractivity contribution is 7.15. The first-order chi connectivity index (χ1) is 14.3. The lowest BCUT2D eigenvalue weighted by Gasteiger charge is -2.22. The third-order valence-corrected chi connectivity index (χ3v) is 6.85. The van der Waals surface area contributed by atoms with Gasteiger partial charge in [0.2, 0.25) is 5.91 Å². The molecule has 2 heterocycles. The minimum Gasteiger partial charge on any atom is -0.319 e. The highest BCUT2D eigenvalue weighted by atomic mass is 32.1. The first-order valence-corrected chi connectivity index (χ1v) is 10.8. The Morgan fingerprint density at radius 1 is 1.37 bits per heavy atom. The van der Waals surface area contributed by atoms with Crippen molar-refractivity contribution in [1.29, 1.82) is 0 Å². The maximum atomic E-state index is 13.2. The fourth-order valence-electron chi connectivity index (χ4n) is 4.08. The normalized spacial score (nSPS) is 23.3. The highest BCUT2D eigenvalue weighted by Crippen LogP contribution is 2.38. The summed E-state index contributed by atoms with van der Waals surface area (Å²) in [7, 11) is 0. The molecule has 4 amide bonds. The van der Waals surface area contributed by atoms with Crippen molar-refractivity contribution in [3.8, 4) is 0 Å². The minimum atomic E-state index is -1.35. The van der Waals surface area contributed by atoms with Crippen LogP contribution >= 0.6 is 11.3 Å². The lowest BCUT2D eigenvalue weighted by molar-refractivity contribution is -0.133. The summed E-state index contributed by atoms with van der Waals surface area (Å²) in [5, 5.41) is 5.84. The van der Waals surface area contributed by atoms with Crippen molar-refractivity contribution in [1.82, 2.24) is 15.2 Å².